The van der Waals surface area contributed by atoms with E-state index in [1.807, 2.05) is 36.4 Å². The van der Waals surface area contributed by atoms with E-state index in [0.717, 1.165) is 52.5 Å². The van der Waals surface area contributed by atoms with Crippen LogP contribution in [-0.2, 0) is 0 Å². The Kier molecular flexibility index (Phi) is 13.2. The second-order valence-electron chi connectivity index (χ2n) is 11.9. The van der Waals surface area contributed by atoms with Crippen molar-refractivity contribution in [1.29, 1.82) is 0 Å². The van der Waals surface area contributed by atoms with Crippen LogP contribution in [0.1, 0.15) is 103 Å². The van der Waals surface area contributed by atoms with E-state index in [1.54, 1.807) is 24.3 Å². The van der Waals surface area contributed by atoms with Crippen LogP contribution in [0.3, 0.4) is 0 Å². The second-order valence-corrected chi connectivity index (χ2v) is 11.9. The molecule has 0 bridgehead atoms. The lowest BCUT2D eigenvalue weighted by Crippen LogP contribution is -2.11. The second kappa shape index (κ2) is 17.5. The molecule has 4 nitrogen and oxygen atoms in total. The van der Waals surface area contributed by atoms with Gasteiger partial charge in [0.25, 0.3) is 0 Å². The minimum atomic E-state index is 0.223. The Morgan fingerprint density at radius 1 is 0.476 bits per heavy atom. The van der Waals surface area contributed by atoms with Crippen molar-refractivity contribution in [3.8, 4) is 23.0 Å². The third-order valence-electron chi connectivity index (χ3n) is 8.20. The number of phenolic OH excluding ortho intramolecular Hbond substituents is 2. The lowest BCUT2D eigenvalue weighted by molar-refractivity contribution is 0.206. The summed E-state index contributed by atoms with van der Waals surface area (Å²) in [6, 6.07) is 23.0. The lowest BCUT2D eigenvalue weighted by atomic mass is 10.0. The summed E-state index contributed by atoms with van der Waals surface area (Å²) in [5, 5.41) is 23.5. The van der Waals surface area contributed by atoms with E-state index in [4.69, 9.17) is 9.47 Å². The molecule has 1 atom stereocenters. The molecule has 0 spiro atoms. The third kappa shape index (κ3) is 11.1. The summed E-state index contributed by atoms with van der Waals surface area (Å²) in [6.07, 6.45) is 19.8. The zero-order valence-electron chi connectivity index (χ0n) is 25.5. The van der Waals surface area contributed by atoms with Gasteiger partial charge in [-0.3, -0.25) is 0 Å². The van der Waals surface area contributed by atoms with E-state index in [9.17, 15) is 10.2 Å². The molecular formula is C38H50O4. The molecule has 226 valence electrons. The number of unbranched alkanes of at least 4 members (excludes halogenated alkanes) is 13. The zero-order valence-corrected chi connectivity index (χ0v) is 25.5. The van der Waals surface area contributed by atoms with Gasteiger partial charge in [0, 0.05) is 0 Å². The summed E-state index contributed by atoms with van der Waals surface area (Å²) in [4.78, 5) is 0. The van der Waals surface area contributed by atoms with Crippen molar-refractivity contribution in [1.82, 2.24) is 0 Å². The largest absolute Gasteiger partial charge is 0.508 e. The summed E-state index contributed by atoms with van der Waals surface area (Å²) >= 11 is 0. The average Bonchev–Trinajstić information content (AvgIpc) is 2.98. The molecule has 4 heteroatoms. The number of benzene rings is 4. The zero-order chi connectivity index (χ0) is 29.4. The maximum atomic E-state index is 9.62. The van der Waals surface area contributed by atoms with Gasteiger partial charge in [0.2, 0.25) is 0 Å². The van der Waals surface area contributed by atoms with Crippen LogP contribution in [0.15, 0.2) is 72.8 Å². The molecule has 4 aromatic rings. The molecule has 4 rings (SSSR count). The molecule has 0 saturated carbocycles. The molecule has 1 unspecified atom stereocenters. The van der Waals surface area contributed by atoms with Crippen molar-refractivity contribution in [2.45, 2.75) is 109 Å². The van der Waals surface area contributed by atoms with E-state index < -0.39 is 0 Å². The molecule has 0 aliphatic carbocycles. The van der Waals surface area contributed by atoms with Crippen LogP contribution < -0.4 is 9.47 Å². The highest BCUT2D eigenvalue weighted by Crippen LogP contribution is 2.26. The first-order valence-corrected chi connectivity index (χ1v) is 16.3. The summed E-state index contributed by atoms with van der Waals surface area (Å²) in [5.41, 5.74) is 0. The van der Waals surface area contributed by atoms with Crippen LogP contribution >= 0.6 is 0 Å². The fourth-order valence-electron chi connectivity index (χ4n) is 5.72. The van der Waals surface area contributed by atoms with Crippen LogP contribution in [0.25, 0.3) is 21.5 Å². The van der Waals surface area contributed by atoms with E-state index >= 15 is 0 Å². The van der Waals surface area contributed by atoms with Crippen molar-refractivity contribution < 1.29 is 19.7 Å². The van der Waals surface area contributed by atoms with Crippen molar-refractivity contribution in [3.63, 3.8) is 0 Å². The number of hydrogen-bond acceptors (Lipinski definition) is 4. The monoisotopic (exact) mass is 570 g/mol. The Balaban J connectivity index is 0.899. The highest BCUT2D eigenvalue weighted by atomic mass is 16.5. The van der Waals surface area contributed by atoms with Gasteiger partial charge in [-0.15, -0.1) is 0 Å². The highest BCUT2D eigenvalue weighted by Gasteiger charge is 2.06. The van der Waals surface area contributed by atoms with Crippen LogP contribution in [0.4, 0.5) is 0 Å². The summed E-state index contributed by atoms with van der Waals surface area (Å²) < 4.78 is 12.1. The first-order valence-electron chi connectivity index (χ1n) is 16.3. The molecule has 0 radical (unpaired) electrons. The lowest BCUT2D eigenvalue weighted by Gasteiger charge is -2.15. The number of fused-ring (bicyclic) bond motifs is 2. The van der Waals surface area contributed by atoms with Crippen LogP contribution in [0.2, 0.25) is 0 Å². The summed E-state index contributed by atoms with van der Waals surface area (Å²) in [7, 11) is 0. The summed E-state index contributed by atoms with van der Waals surface area (Å²) in [5.74, 6) is 2.42. The van der Waals surface area contributed by atoms with Crippen molar-refractivity contribution in [2.24, 2.45) is 0 Å². The van der Waals surface area contributed by atoms with Crippen molar-refractivity contribution in [3.05, 3.63) is 72.8 Å². The summed E-state index contributed by atoms with van der Waals surface area (Å²) in [6.45, 7) is 2.94. The number of ether oxygens (including phenoxy) is 2. The van der Waals surface area contributed by atoms with Gasteiger partial charge in [-0.1, -0.05) is 101 Å². The molecule has 4 aromatic carbocycles. The molecule has 42 heavy (non-hydrogen) atoms. The average molecular weight is 571 g/mol. The SMILES string of the molecule is CC(CCCCCCCCCCCCCCCCOc1ccc2cc(O)ccc2c1)Oc1ccc2cc(O)ccc2c1. The van der Waals surface area contributed by atoms with Crippen LogP contribution in [-0.4, -0.2) is 22.9 Å². The van der Waals surface area contributed by atoms with E-state index in [-0.39, 0.29) is 6.10 Å². The normalized spacial score (nSPS) is 12.1. The number of aromatic hydroxyl groups is 2. The molecule has 0 aliphatic rings. The van der Waals surface area contributed by atoms with Gasteiger partial charge in [0.05, 0.1) is 12.7 Å². The molecular weight excluding hydrogens is 520 g/mol. The van der Waals surface area contributed by atoms with E-state index in [0.29, 0.717) is 11.5 Å². The maximum Gasteiger partial charge on any atom is 0.120 e. The Hall–Kier alpha value is -3.40. The van der Waals surface area contributed by atoms with E-state index in [1.165, 1.54) is 83.5 Å². The van der Waals surface area contributed by atoms with E-state index in [2.05, 4.69) is 19.1 Å². The first-order chi connectivity index (χ1) is 20.6. The Morgan fingerprint density at radius 2 is 0.881 bits per heavy atom. The van der Waals surface area contributed by atoms with Gasteiger partial charge in [0.15, 0.2) is 0 Å². The fraction of sp³-hybridized carbons (Fsp3) is 0.474. The standard InChI is InChI=1S/C38H50O4/c1-30(42-38-24-20-32-27-36(40)22-18-34(32)29-38)16-14-12-10-8-6-4-2-3-5-7-9-11-13-15-25-41-37-23-19-31-26-35(39)21-17-33(31)28-37/h17-24,26-30,39-40H,2-16,25H2,1H3. The third-order valence-corrected chi connectivity index (χ3v) is 8.20. The van der Waals surface area contributed by atoms with Gasteiger partial charge < -0.3 is 19.7 Å². The highest BCUT2D eigenvalue weighted by molar-refractivity contribution is 5.85. The molecule has 0 fully saturated rings. The van der Waals surface area contributed by atoms with Crippen LogP contribution in [0.5, 0.6) is 23.0 Å². The maximum absolute atomic E-state index is 9.62. The number of rotatable bonds is 20. The molecule has 0 amide bonds. The first kappa shape index (κ1) is 31.5. The minimum absolute atomic E-state index is 0.223. The molecule has 0 saturated heterocycles. The van der Waals surface area contributed by atoms with Gasteiger partial charge in [-0.05, 0) is 96.3 Å². The van der Waals surface area contributed by atoms with Crippen LogP contribution in [0, 0.1) is 0 Å². The molecule has 0 heterocycles. The van der Waals surface area contributed by atoms with Gasteiger partial charge >= 0.3 is 0 Å². The Morgan fingerprint density at radius 3 is 1.43 bits per heavy atom. The quantitative estimate of drug-likeness (QED) is 0.104. The predicted octanol–water partition coefficient (Wildman–Crippen LogP) is 11.1. The molecule has 0 aliphatic heterocycles. The van der Waals surface area contributed by atoms with Gasteiger partial charge in [-0.25, -0.2) is 0 Å². The topological polar surface area (TPSA) is 58.9 Å². The fourth-order valence-corrected chi connectivity index (χ4v) is 5.72. The molecule has 0 aromatic heterocycles. The Bertz CT molecular complexity index is 1350. The van der Waals surface area contributed by atoms with Crippen molar-refractivity contribution >= 4 is 21.5 Å². The number of phenols is 2. The van der Waals surface area contributed by atoms with Gasteiger partial charge in [0.1, 0.15) is 23.0 Å². The van der Waals surface area contributed by atoms with Crippen molar-refractivity contribution in [2.75, 3.05) is 6.61 Å². The Labute approximate surface area is 252 Å². The smallest absolute Gasteiger partial charge is 0.120 e. The molecule has 2 N–H and O–H groups in total. The number of hydrogen-bond donors (Lipinski definition) is 2. The minimum Gasteiger partial charge on any atom is -0.508 e. The predicted molar refractivity (Wildman–Crippen MR) is 176 cm³/mol. The van der Waals surface area contributed by atoms with Gasteiger partial charge in [-0.2, -0.15) is 0 Å².